The van der Waals surface area contributed by atoms with E-state index in [1.54, 1.807) is 41.4 Å². The number of amides is 3. The lowest BCUT2D eigenvalue weighted by Gasteiger charge is -2.27. The molecule has 1 aliphatic rings. The topological polar surface area (TPSA) is 91.4 Å². The van der Waals surface area contributed by atoms with E-state index in [4.69, 9.17) is 0 Å². The van der Waals surface area contributed by atoms with Crippen molar-refractivity contribution in [3.63, 3.8) is 0 Å². The van der Waals surface area contributed by atoms with Gasteiger partial charge < -0.3 is 15.5 Å². The van der Waals surface area contributed by atoms with E-state index >= 15 is 0 Å². The molecule has 0 saturated carbocycles. The lowest BCUT2D eigenvalue weighted by molar-refractivity contribution is -0.136. The average Bonchev–Trinajstić information content (AvgIpc) is 2.67. The first-order chi connectivity index (χ1) is 12.6. The van der Waals surface area contributed by atoms with Crippen LogP contribution in [0.4, 0.5) is 11.4 Å². The van der Waals surface area contributed by atoms with Crippen LogP contribution in [-0.4, -0.2) is 29.3 Å². The van der Waals surface area contributed by atoms with Crippen molar-refractivity contribution in [2.45, 2.75) is 25.8 Å². The van der Waals surface area contributed by atoms with Crippen molar-refractivity contribution >= 4 is 29.1 Å². The van der Waals surface area contributed by atoms with Crippen LogP contribution < -0.4 is 15.5 Å². The van der Waals surface area contributed by atoms with Gasteiger partial charge in [0.05, 0.1) is 12.2 Å². The third-order valence-corrected chi connectivity index (χ3v) is 4.10. The van der Waals surface area contributed by atoms with Crippen molar-refractivity contribution in [3.05, 3.63) is 54.4 Å². The standard InChI is InChI=1S/C19H20N4O3/c24-17-9-2-4-11-23(17)16-8-5-7-14(12-16)22-19(26)18(25)21-13-15-6-1-3-10-20-15/h1,3,5-8,10,12H,2,4,9,11,13H2,(H,21,25)(H,22,26). The highest BCUT2D eigenvalue weighted by molar-refractivity contribution is 6.39. The zero-order valence-electron chi connectivity index (χ0n) is 14.3. The van der Waals surface area contributed by atoms with Crippen molar-refractivity contribution in [2.75, 3.05) is 16.8 Å². The van der Waals surface area contributed by atoms with Crippen molar-refractivity contribution in [1.29, 1.82) is 0 Å². The molecule has 0 bridgehead atoms. The van der Waals surface area contributed by atoms with Gasteiger partial charge in [0.15, 0.2) is 0 Å². The molecular formula is C19H20N4O3. The molecule has 1 aromatic heterocycles. The molecule has 1 saturated heterocycles. The Morgan fingerprint density at radius 2 is 1.96 bits per heavy atom. The third-order valence-electron chi connectivity index (χ3n) is 4.10. The summed E-state index contributed by atoms with van der Waals surface area (Å²) in [6, 6.07) is 12.3. The van der Waals surface area contributed by atoms with Crippen LogP contribution in [0.5, 0.6) is 0 Å². The Kier molecular flexibility index (Phi) is 5.58. The Morgan fingerprint density at radius 1 is 1.08 bits per heavy atom. The fourth-order valence-corrected chi connectivity index (χ4v) is 2.77. The van der Waals surface area contributed by atoms with Gasteiger partial charge >= 0.3 is 11.8 Å². The van der Waals surface area contributed by atoms with Gasteiger partial charge in [0, 0.05) is 30.5 Å². The molecule has 0 atom stereocenters. The summed E-state index contributed by atoms with van der Waals surface area (Å²) in [6.07, 6.45) is 4.02. The Hall–Kier alpha value is -3.22. The van der Waals surface area contributed by atoms with Crippen LogP contribution in [0.25, 0.3) is 0 Å². The lowest BCUT2D eigenvalue weighted by atomic mass is 10.1. The maximum absolute atomic E-state index is 12.1. The molecule has 0 aliphatic carbocycles. The summed E-state index contributed by atoms with van der Waals surface area (Å²) in [5.74, 6) is -1.43. The molecule has 134 valence electrons. The fraction of sp³-hybridized carbons (Fsp3) is 0.263. The van der Waals surface area contributed by atoms with E-state index in [0.717, 1.165) is 18.5 Å². The first-order valence-electron chi connectivity index (χ1n) is 8.53. The number of carbonyl (C=O) groups is 3. The molecule has 26 heavy (non-hydrogen) atoms. The zero-order valence-corrected chi connectivity index (χ0v) is 14.3. The quantitative estimate of drug-likeness (QED) is 0.822. The summed E-state index contributed by atoms with van der Waals surface area (Å²) >= 11 is 0. The number of carbonyl (C=O) groups excluding carboxylic acids is 3. The van der Waals surface area contributed by atoms with E-state index in [1.807, 2.05) is 12.1 Å². The molecule has 7 heteroatoms. The second-order valence-electron chi connectivity index (χ2n) is 6.01. The monoisotopic (exact) mass is 352 g/mol. The largest absolute Gasteiger partial charge is 0.342 e. The van der Waals surface area contributed by atoms with Crippen LogP contribution in [0, 0.1) is 0 Å². The van der Waals surface area contributed by atoms with E-state index in [0.29, 0.717) is 24.3 Å². The van der Waals surface area contributed by atoms with Crippen molar-refractivity contribution in [1.82, 2.24) is 10.3 Å². The first kappa shape index (κ1) is 17.6. The van der Waals surface area contributed by atoms with Crippen LogP contribution in [0.2, 0.25) is 0 Å². The summed E-state index contributed by atoms with van der Waals surface area (Å²) < 4.78 is 0. The molecule has 2 N–H and O–H groups in total. The van der Waals surface area contributed by atoms with Crippen LogP contribution >= 0.6 is 0 Å². The number of hydrogen-bond donors (Lipinski definition) is 2. The second-order valence-corrected chi connectivity index (χ2v) is 6.01. The number of pyridine rings is 1. The summed E-state index contributed by atoms with van der Waals surface area (Å²) in [4.78, 5) is 41.8. The van der Waals surface area contributed by atoms with Gasteiger partial charge in [-0.1, -0.05) is 12.1 Å². The molecule has 0 spiro atoms. The third kappa shape index (κ3) is 4.44. The van der Waals surface area contributed by atoms with Gasteiger partial charge in [0.2, 0.25) is 5.91 Å². The van der Waals surface area contributed by atoms with E-state index in [9.17, 15) is 14.4 Å². The van der Waals surface area contributed by atoms with Gasteiger partial charge in [0.25, 0.3) is 0 Å². The molecule has 2 aromatic rings. The van der Waals surface area contributed by atoms with Crippen molar-refractivity contribution < 1.29 is 14.4 Å². The number of rotatable bonds is 4. The predicted molar refractivity (Wildman–Crippen MR) is 97.4 cm³/mol. The molecule has 3 amide bonds. The van der Waals surface area contributed by atoms with E-state index in [-0.39, 0.29) is 12.5 Å². The van der Waals surface area contributed by atoms with Gasteiger partial charge in [-0.05, 0) is 43.2 Å². The SMILES string of the molecule is O=C(NCc1ccccn1)C(=O)Nc1cccc(N2CCCCC2=O)c1. The maximum Gasteiger partial charge on any atom is 0.313 e. The number of nitrogens with zero attached hydrogens (tertiary/aromatic N) is 2. The van der Waals surface area contributed by atoms with Gasteiger partial charge in [-0.15, -0.1) is 0 Å². The minimum atomic E-state index is -0.761. The van der Waals surface area contributed by atoms with E-state index in [2.05, 4.69) is 15.6 Å². The second kappa shape index (κ2) is 8.24. The van der Waals surface area contributed by atoms with Gasteiger partial charge in [0.1, 0.15) is 0 Å². The number of anilines is 2. The van der Waals surface area contributed by atoms with Crippen molar-refractivity contribution in [3.8, 4) is 0 Å². The normalized spacial score (nSPS) is 14.0. The predicted octanol–water partition coefficient (Wildman–Crippen LogP) is 1.85. The maximum atomic E-state index is 12.1. The van der Waals surface area contributed by atoms with Gasteiger partial charge in [-0.2, -0.15) is 0 Å². The van der Waals surface area contributed by atoms with Crippen LogP contribution in [0.1, 0.15) is 25.0 Å². The zero-order chi connectivity index (χ0) is 18.4. The summed E-state index contributed by atoms with van der Waals surface area (Å²) in [7, 11) is 0. The van der Waals surface area contributed by atoms with Crippen molar-refractivity contribution in [2.24, 2.45) is 0 Å². The number of nitrogens with one attached hydrogen (secondary N) is 2. The highest BCUT2D eigenvalue weighted by Crippen LogP contribution is 2.23. The lowest BCUT2D eigenvalue weighted by Crippen LogP contribution is -2.36. The van der Waals surface area contributed by atoms with E-state index < -0.39 is 11.8 Å². The number of aromatic nitrogens is 1. The van der Waals surface area contributed by atoms with Crippen LogP contribution in [-0.2, 0) is 20.9 Å². The van der Waals surface area contributed by atoms with Crippen LogP contribution in [0.15, 0.2) is 48.7 Å². The smallest absolute Gasteiger partial charge is 0.313 e. The number of hydrogen-bond acceptors (Lipinski definition) is 4. The number of benzene rings is 1. The Labute approximate surface area is 151 Å². The van der Waals surface area contributed by atoms with Crippen LogP contribution in [0.3, 0.4) is 0 Å². The highest BCUT2D eigenvalue weighted by atomic mass is 16.2. The Morgan fingerprint density at radius 3 is 2.73 bits per heavy atom. The minimum absolute atomic E-state index is 0.0767. The Balaban J connectivity index is 1.59. The number of piperidine rings is 1. The molecular weight excluding hydrogens is 332 g/mol. The molecule has 1 aromatic carbocycles. The summed E-state index contributed by atoms with van der Waals surface area (Å²) in [5.41, 5.74) is 1.86. The molecule has 3 rings (SSSR count). The molecule has 1 aliphatic heterocycles. The molecule has 1 fully saturated rings. The Bertz CT molecular complexity index is 807. The molecule has 7 nitrogen and oxygen atoms in total. The highest BCUT2D eigenvalue weighted by Gasteiger charge is 2.20. The molecule has 0 radical (unpaired) electrons. The fourth-order valence-electron chi connectivity index (χ4n) is 2.77. The summed E-state index contributed by atoms with van der Waals surface area (Å²) in [5, 5.41) is 5.09. The first-order valence-corrected chi connectivity index (χ1v) is 8.53. The van der Waals surface area contributed by atoms with Gasteiger partial charge in [-0.25, -0.2) is 0 Å². The minimum Gasteiger partial charge on any atom is -0.342 e. The average molecular weight is 352 g/mol. The van der Waals surface area contributed by atoms with Gasteiger partial charge in [-0.3, -0.25) is 19.4 Å². The summed E-state index contributed by atoms with van der Waals surface area (Å²) in [6.45, 7) is 0.843. The molecule has 0 unspecified atom stereocenters. The molecule has 2 heterocycles. The van der Waals surface area contributed by atoms with E-state index in [1.165, 1.54) is 0 Å².